The molecule has 0 spiro atoms. The number of aromatic nitrogens is 1. The molecule has 2 aliphatic rings. The van der Waals surface area contributed by atoms with E-state index in [0.29, 0.717) is 19.6 Å². The van der Waals surface area contributed by atoms with Crippen LogP contribution in [0, 0.1) is 11.3 Å². The summed E-state index contributed by atoms with van der Waals surface area (Å²) >= 11 is 0. The van der Waals surface area contributed by atoms with Crippen molar-refractivity contribution >= 4 is 11.8 Å². The Kier molecular flexibility index (Phi) is 4.85. The molecular weight excluding hydrogens is 306 g/mol. The molecule has 1 aliphatic heterocycles. The number of rotatable bonds is 6. The molecule has 0 aromatic carbocycles. The maximum Gasteiger partial charge on any atom is 0.227 e. The van der Waals surface area contributed by atoms with Crippen molar-refractivity contribution < 1.29 is 14.7 Å². The van der Waals surface area contributed by atoms with Gasteiger partial charge in [0.1, 0.15) is 0 Å². The van der Waals surface area contributed by atoms with E-state index in [-0.39, 0.29) is 36.2 Å². The van der Waals surface area contributed by atoms with Gasteiger partial charge in [-0.1, -0.05) is 6.42 Å². The van der Waals surface area contributed by atoms with Crippen LogP contribution in [-0.2, 0) is 16.1 Å². The highest BCUT2D eigenvalue weighted by molar-refractivity contribution is 5.89. The molecule has 1 aromatic heterocycles. The minimum absolute atomic E-state index is 0.0142. The summed E-state index contributed by atoms with van der Waals surface area (Å²) in [5, 5.41) is 9.58. The van der Waals surface area contributed by atoms with Crippen molar-refractivity contribution in [3.05, 3.63) is 30.1 Å². The standard InChI is InChI=1S/C18H25N3O3/c1-20(12-18(13-22)5-2-6-18)17(24)15-9-16(23)21(11-15)10-14-3-7-19-8-4-14/h3-4,7-8,15,22H,2,5-6,9-13H2,1H3/t15-/m1/s1. The second-order valence-corrected chi connectivity index (χ2v) is 7.24. The molecular formula is C18H25N3O3. The van der Waals surface area contributed by atoms with Gasteiger partial charge >= 0.3 is 0 Å². The SMILES string of the molecule is CN(CC1(CO)CCC1)C(=O)[C@@H]1CC(=O)N(Cc2ccncc2)C1. The molecule has 6 heteroatoms. The van der Waals surface area contributed by atoms with Gasteiger partial charge in [0.05, 0.1) is 12.5 Å². The molecule has 1 saturated carbocycles. The highest BCUT2D eigenvalue weighted by atomic mass is 16.3. The van der Waals surface area contributed by atoms with Crippen LogP contribution in [0.4, 0.5) is 0 Å². The summed E-state index contributed by atoms with van der Waals surface area (Å²) in [5.41, 5.74) is 0.900. The van der Waals surface area contributed by atoms with Crippen molar-refractivity contribution in [1.29, 1.82) is 0 Å². The Morgan fingerprint density at radius 3 is 2.71 bits per heavy atom. The first-order chi connectivity index (χ1) is 11.5. The number of amides is 2. The fourth-order valence-electron chi connectivity index (χ4n) is 3.73. The Hall–Kier alpha value is -1.95. The monoisotopic (exact) mass is 331 g/mol. The Morgan fingerprint density at radius 1 is 1.42 bits per heavy atom. The van der Waals surface area contributed by atoms with E-state index in [1.807, 2.05) is 12.1 Å². The van der Waals surface area contributed by atoms with Gasteiger partial charge in [0.25, 0.3) is 0 Å². The number of aliphatic hydroxyl groups is 1. The number of hydrogen-bond acceptors (Lipinski definition) is 4. The molecule has 1 N–H and O–H groups in total. The molecule has 2 heterocycles. The first kappa shape index (κ1) is 16.9. The van der Waals surface area contributed by atoms with Crippen molar-refractivity contribution in [3.8, 4) is 0 Å². The van der Waals surface area contributed by atoms with E-state index in [1.54, 1.807) is 29.2 Å². The molecule has 24 heavy (non-hydrogen) atoms. The lowest BCUT2D eigenvalue weighted by molar-refractivity contribution is -0.137. The Balaban J connectivity index is 1.57. The zero-order valence-corrected chi connectivity index (χ0v) is 14.1. The van der Waals surface area contributed by atoms with E-state index in [9.17, 15) is 14.7 Å². The minimum atomic E-state index is -0.278. The van der Waals surface area contributed by atoms with Crippen molar-refractivity contribution in [2.24, 2.45) is 11.3 Å². The summed E-state index contributed by atoms with van der Waals surface area (Å²) in [6.07, 6.45) is 6.75. The normalized spacial score (nSPS) is 22.3. The molecule has 2 fully saturated rings. The third kappa shape index (κ3) is 3.43. The van der Waals surface area contributed by atoms with Crippen molar-refractivity contribution in [1.82, 2.24) is 14.8 Å². The molecule has 0 radical (unpaired) electrons. The number of hydrogen-bond donors (Lipinski definition) is 1. The molecule has 2 amide bonds. The van der Waals surface area contributed by atoms with Gasteiger partial charge in [-0.05, 0) is 30.5 Å². The van der Waals surface area contributed by atoms with E-state index in [1.165, 1.54) is 0 Å². The van der Waals surface area contributed by atoms with Gasteiger partial charge in [0, 0.05) is 50.9 Å². The predicted molar refractivity (Wildman–Crippen MR) is 88.8 cm³/mol. The number of likely N-dealkylation sites (tertiary alicyclic amines) is 1. The van der Waals surface area contributed by atoms with E-state index >= 15 is 0 Å². The van der Waals surface area contributed by atoms with E-state index in [2.05, 4.69) is 4.98 Å². The van der Waals surface area contributed by atoms with Crippen LogP contribution in [0.15, 0.2) is 24.5 Å². The Labute approximate surface area is 142 Å². The number of pyridine rings is 1. The minimum Gasteiger partial charge on any atom is -0.396 e. The average Bonchev–Trinajstić information content (AvgIpc) is 2.92. The van der Waals surface area contributed by atoms with Crippen molar-refractivity contribution in [3.63, 3.8) is 0 Å². The first-order valence-electron chi connectivity index (χ1n) is 8.55. The lowest BCUT2D eigenvalue weighted by Crippen LogP contribution is -2.47. The van der Waals surface area contributed by atoms with Gasteiger partial charge in [-0.3, -0.25) is 14.6 Å². The highest BCUT2D eigenvalue weighted by Crippen LogP contribution is 2.41. The van der Waals surface area contributed by atoms with Crippen LogP contribution in [0.2, 0.25) is 0 Å². The summed E-state index contributed by atoms with van der Waals surface area (Å²) in [7, 11) is 1.79. The molecule has 1 saturated heterocycles. The number of aliphatic hydroxyl groups excluding tert-OH is 1. The number of carbonyl (C=O) groups excluding carboxylic acids is 2. The smallest absolute Gasteiger partial charge is 0.227 e. The number of nitrogens with zero attached hydrogens (tertiary/aromatic N) is 3. The van der Waals surface area contributed by atoms with Gasteiger partial charge in [-0.25, -0.2) is 0 Å². The zero-order valence-electron chi connectivity index (χ0n) is 14.1. The van der Waals surface area contributed by atoms with Crippen LogP contribution >= 0.6 is 0 Å². The Bertz CT molecular complexity index is 595. The second kappa shape index (κ2) is 6.89. The first-order valence-corrected chi connectivity index (χ1v) is 8.55. The molecule has 6 nitrogen and oxygen atoms in total. The molecule has 130 valence electrons. The average molecular weight is 331 g/mol. The predicted octanol–water partition coefficient (Wildman–Crippen LogP) is 1.05. The zero-order chi connectivity index (χ0) is 17.2. The van der Waals surface area contributed by atoms with Gasteiger partial charge in [-0.15, -0.1) is 0 Å². The third-order valence-corrected chi connectivity index (χ3v) is 5.38. The van der Waals surface area contributed by atoms with Crippen LogP contribution in [-0.4, -0.2) is 58.4 Å². The van der Waals surface area contributed by atoms with E-state index < -0.39 is 0 Å². The summed E-state index contributed by atoms with van der Waals surface area (Å²) in [4.78, 5) is 32.3. The Morgan fingerprint density at radius 2 is 2.12 bits per heavy atom. The third-order valence-electron chi connectivity index (χ3n) is 5.38. The molecule has 1 aromatic rings. The van der Waals surface area contributed by atoms with Crippen molar-refractivity contribution in [2.45, 2.75) is 32.2 Å². The largest absolute Gasteiger partial charge is 0.396 e. The molecule has 1 aliphatic carbocycles. The maximum atomic E-state index is 12.7. The highest BCUT2D eigenvalue weighted by Gasteiger charge is 2.41. The molecule has 0 unspecified atom stereocenters. The number of carbonyl (C=O) groups is 2. The summed E-state index contributed by atoms with van der Waals surface area (Å²) in [5.74, 6) is -0.237. The summed E-state index contributed by atoms with van der Waals surface area (Å²) in [6.45, 7) is 1.70. The summed E-state index contributed by atoms with van der Waals surface area (Å²) in [6, 6.07) is 3.77. The van der Waals surface area contributed by atoms with Crippen LogP contribution in [0.5, 0.6) is 0 Å². The van der Waals surface area contributed by atoms with Gasteiger partial charge < -0.3 is 14.9 Å². The lowest BCUT2D eigenvalue weighted by Gasteiger charge is -2.43. The van der Waals surface area contributed by atoms with Crippen molar-refractivity contribution in [2.75, 3.05) is 26.7 Å². The van der Waals surface area contributed by atoms with Gasteiger partial charge in [0.2, 0.25) is 11.8 Å². The second-order valence-electron chi connectivity index (χ2n) is 7.24. The van der Waals surface area contributed by atoms with E-state index in [4.69, 9.17) is 0 Å². The van der Waals surface area contributed by atoms with Gasteiger partial charge in [0.15, 0.2) is 0 Å². The van der Waals surface area contributed by atoms with Crippen LogP contribution in [0.25, 0.3) is 0 Å². The molecule has 3 rings (SSSR count). The van der Waals surface area contributed by atoms with Crippen LogP contribution in [0.3, 0.4) is 0 Å². The fourth-order valence-corrected chi connectivity index (χ4v) is 3.73. The van der Waals surface area contributed by atoms with E-state index in [0.717, 1.165) is 24.8 Å². The van der Waals surface area contributed by atoms with Crippen LogP contribution < -0.4 is 0 Å². The maximum absolute atomic E-state index is 12.7. The fraction of sp³-hybridized carbons (Fsp3) is 0.611. The quantitative estimate of drug-likeness (QED) is 0.846. The lowest BCUT2D eigenvalue weighted by atomic mass is 9.69. The summed E-state index contributed by atoms with van der Waals surface area (Å²) < 4.78 is 0. The topological polar surface area (TPSA) is 73.7 Å². The van der Waals surface area contributed by atoms with Crippen LogP contribution in [0.1, 0.15) is 31.2 Å². The molecule has 1 atom stereocenters. The van der Waals surface area contributed by atoms with Gasteiger partial charge in [-0.2, -0.15) is 0 Å². The molecule has 0 bridgehead atoms.